The fraction of sp³-hybridized carbons (Fsp3) is 0.143. The zero-order valence-electron chi connectivity index (χ0n) is 9.62. The van der Waals surface area contributed by atoms with Crippen LogP contribution in [0.15, 0.2) is 64.8 Å². The van der Waals surface area contributed by atoms with E-state index in [1.165, 1.54) is 0 Å². The van der Waals surface area contributed by atoms with Crippen LogP contribution in [0.5, 0.6) is 0 Å². The van der Waals surface area contributed by atoms with Crippen LogP contribution in [0, 0.1) is 0 Å². The molecule has 3 heteroatoms. The molecule has 2 rings (SSSR count). The summed E-state index contributed by atoms with van der Waals surface area (Å²) >= 11 is 0. The van der Waals surface area contributed by atoms with Gasteiger partial charge in [0.25, 0.3) is 0 Å². The van der Waals surface area contributed by atoms with Crippen molar-refractivity contribution in [2.24, 2.45) is 10.2 Å². The second-order valence-corrected chi connectivity index (χ2v) is 3.80. The lowest BCUT2D eigenvalue weighted by Gasteiger charge is -2.03. The monoisotopic (exact) mass is 226 g/mol. The molecule has 0 aromatic heterocycles. The Morgan fingerprint density at radius 3 is 1.88 bits per heavy atom. The molecule has 0 aliphatic heterocycles. The predicted octanol–water partition coefficient (Wildman–Crippen LogP) is 4.16. The molecule has 0 radical (unpaired) electrons. The van der Waals surface area contributed by atoms with Gasteiger partial charge in [0.1, 0.15) is 0 Å². The number of azo groups is 1. The van der Waals surface area contributed by atoms with Gasteiger partial charge in [0.05, 0.1) is 17.5 Å². The van der Waals surface area contributed by atoms with Gasteiger partial charge >= 0.3 is 0 Å². The highest BCUT2D eigenvalue weighted by Crippen LogP contribution is 2.20. The quantitative estimate of drug-likeness (QED) is 0.785. The van der Waals surface area contributed by atoms with Gasteiger partial charge in [-0.15, -0.1) is 0 Å². The van der Waals surface area contributed by atoms with Crippen molar-refractivity contribution < 1.29 is 5.11 Å². The highest BCUT2D eigenvalue weighted by molar-refractivity contribution is 5.41. The van der Waals surface area contributed by atoms with Crippen molar-refractivity contribution in [3.8, 4) is 0 Å². The molecular weight excluding hydrogens is 212 g/mol. The van der Waals surface area contributed by atoms with Gasteiger partial charge in [-0.3, -0.25) is 0 Å². The lowest BCUT2D eigenvalue weighted by molar-refractivity contribution is 0.199. The zero-order valence-corrected chi connectivity index (χ0v) is 9.62. The molecule has 2 aromatic rings. The summed E-state index contributed by atoms with van der Waals surface area (Å²) in [5.74, 6) is 0. The van der Waals surface area contributed by atoms with Crippen LogP contribution in [-0.4, -0.2) is 5.11 Å². The Morgan fingerprint density at radius 1 is 0.824 bits per heavy atom. The third-order valence-corrected chi connectivity index (χ3v) is 2.41. The Labute approximate surface area is 100 Å². The maximum absolute atomic E-state index is 9.37. The molecule has 0 aliphatic rings. The van der Waals surface area contributed by atoms with Crippen LogP contribution >= 0.6 is 0 Å². The van der Waals surface area contributed by atoms with Crippen molar-refractivity contribution in [3.63, 3.8) is 0 Å². The third-order valence-electron chi connectivity index (χ3n) is 2.41. The second-order valence-electron chi connectivity index (χ2n) is 3.80. The van der Waals surface area contributed by atoms with Crippen LogP contribution < -0.4 is 0 Å². The first-order chi connectivity index (χ1) is 8.25. The van der Waals surface area contributed by atoms with E-state index in [2.05, 4.69) is 10.2 Å². The largest absolute Gasteiger partial charge is 0.389 e. The summed E-state index contributed by atoms with van der Waals surface area (Å²) < 4.78 is 0. The number of nitrogens with zero attached hydrogens (tertiary/aromatic N) is 2. The summed E-state index contributed by atoms with van der Waals surface area (Å²) in [5, 5.41) is 17.6. The summed E-state index contributed by atoms with van der Waals surface area (Å²) in [6.07, 6.45) is -0.449. The number of hydrogen-bond acceptors (Lipinski definition) is 3. The minimum atomic E-state index is -0.449. The van der Waals surface area contributed by atoms with Gasteiger partial charge in [-0.05, 0) is 36.8 Å². The van der Waals surface area contributed by atoms with Crippen molar-refractivity contribution in [2.45, 2.75) is 13.0 Å². The van der Waals surface area contributed by atoms with Gasteiger partial charge in [-0.2, -0.15) is 10.2 Å². The van der Waals surface area contributed by atoms with Crippen molar-refractivity contribution in [3.05, 3.63) is 60.2 Å². The molecule has 0 spiro atoms. The van der Waals surface area contributed by atoms with Gasteiger partial charge in [0, 0.05) is 0 Å². The summed E-state index contributed by atoms with van der Waals surface area (Å²) in [5.41, 5.74) is 2.48. The molecule has 0 bridgehead atoms. The fourth-order valence-corrected chi connectivity index (χ4v) is 1.43. The summed E-state index contributed by atoms with van der Waals surface area (Å²) in [6.45, 7) is 1.74. The van der Waals surface area contributed by atoms with E-state index in [-0.39, 0.29) is 0 Å². The predicted molar refractivity (Wildman–Crippen MR) is 67.7 cm³/mol. The molecule has 0 saturated carbocycles. The molecule has 0 saturated heterocycles. The van der Waals surface area contributed by atoms with E-state index in [0.717, 1.165) is 16.9 Å². The number of benzene rings is 2. The SMILES string of the molecule is CC(O)c1ccc(/N=N/c2ccccc2)cc1. The van der Waals surface area contributed by atoms with E-state index in [0.29, 0.717) is 0 Å². The Hall–Kier alpha value is -2.00. The number of hydrogen-bond donors (Lipinski definition) is 1. The van der Waals surface area contributed by atoms with Crippen LogP contribution in [0.4, 0.5) is 11.4 Å². The lowest BCUT2D eigenvalue weighted by Crippen LogP contribution is -1.88. The van der Waals surface area contributed by atoms with Crippen molar-refractivity contribution in [1.82, 2.24) is 0 Å². The Balaban J connectivity index is 2.12. The highest BCUT2D eigenvalue weighted by Gasteiger charge is 1.99. The average Bonchev–Trinajstić information content (AvgIpc) is 2.38. The van der Waals surface area contributed by atoms with E-state index in [9.17, 15) is 5.11 Å². The number of aliphatic hydroxyl groups excluding tert-OH is 1. The number of rotatable bonds is 3. The van der Waals surface area contributed by atoms with Crippen molar-refractivity contribution >= 4 is 11.4 Å². The van der Waals surface area contributed by atoms with Crippen LogP contribution in [0.2, 0.25) is 0 Å². The van der Waals surface area contributed by atoms with Crippen LogP contribution in [0.1, 0.15) is 18.6 Å². The Kier molecular flexibility index (Phi) is 3.62. The second kappa shape index (κ2) is 5.37. The van der Waals surface area contributed by atoms with Gasteiger partial charge in [0.2, 0.25) is 0 Å². The van der Waals surface area contributed by atoms with Crippen molar-refractivity contribution in [2.75, 3.05) is 0 Å². The maximum Gasteiger partial charge on any atom is 0.0857 e. The Bertz CT molecular complexity index is 489. The van der Waals surface area contributed by atoms with E-state index in [1.54, 1.807) is 6.92 Å². The molecule has 0 fully saturated rings. The summed E-state index contributed by atoms with van der Waals surface area (Å²) in [6, 6.07) is 17.0. The maximum atomic E-state index is 9.37. The van der Waals surface area contributed by atoms with Gasteiger partial charge in [0.15, 0.2) is 0 Å². The molecule has 0 amide bonds. The third kappa shape index (κ3) is 3.23. The standard InChI is InChI=1S/C14H14N2O/c1-11(17)12-7-9-14(10-8-12)16-15-13-5-3-2-4-6-13/h2-11,17H,1H3/b16-15+. The molecule has 1 unspecified atom stereocenters. The van der Waals surface area contributed by atoms with Gasteiger partial charge in [-0.1, -0.05) is 30.3 Å². The highest BCUT2D eigenvalue weighted by atomic mass is 16.3. The van der Waals surface area contributed by atoms with Crippen LogP contribution in [-0.2, 0) is 0 Å². The fourth-order valence-electron chi connectivity index (χ4n) is 1.43. The molecule has 17 heavy (non-hydrogen) atoms. The molecule has 1 N–H and O–H groups in total. The van der Waals surface area contributed by atoms with Crippen LogP contribution in [0.25, 0.3) is 0 Å². The smallest absolute Gasteiger partial charge is 0.0857 e. The molecule has 0 heterocycles. The summed E-state index contributed by atoms with van der Waals surface area (Å²) in [7, 11) is 0. The minimum absolute atomic E-state index is 0.449. The Morgan fingerprint density at radius 2 is 1.35 bits per heavy atom. The first kappa shape index (κ1) is 11.5. The zero-order chi connectivity index (χ0) is 12.1. The molecular formula is C14H14N2O. The lowest BCUT2D eigenvalue weighted by atomic mass is 10.1. The first-order valence-electron chi connectivity index (χ1n) is 5.50. The van der Waals surface area contributed by atoms with Gasteiger partial charge in [-0.25, -0.2) is 0 Å². The molecule has 86 valence electrons. The normalized spacial score (nSPS) is 12.8. The van der Waals surface area contributed by atoms with Gasteiger partial charge < -0.3 is 5.11 Å². The van der Waals surface area contributed by atoms with E-state index in [4.69, 9.17) is 0 Å². The van der Waals surface area contributed by atoms with E-state index >= 15 is 0 Å². The molecule has 1 atom stereocenters. The number of aliphatic hydroxyl groups is 1. The molecule has 2 aromatic carbocycles. The first-order valence-corrected chi connectivity index (χ1v) is 5.50. The van der Waals surface area contributed by atoms with Crippen molar-refractivity contribution in [1.29, 1.82) is 0 Å². The average molecular weight is 226 g/mol. The van der Waals surface area contributed by atoms with E-state index < -0.39 is 6.10 Å². The topological polar surface area (TPSA) is 45.0 Å². The van der Waals surface area contributed by atoms with Crippen LogP contribution in [0.3, 0.4) is 0 Å². The minimum Gasteiger partial charge on any atom is -0.389 e. The summed E-state index contributed by atoms with van der Waals surface area (Å²) in [4.78, 5) is 0. The van der Waals surface area contributed by atoms with E-state index in [1.807, 2.05) is 54.6 Å². The molecule has 0 aliphatic carbocycles. The molecule has 3 nitrogen and oxygen atoms in total.